The second-order valence-electron chi connectivity index (χ2n) is 5.60. The normalized spacial score (nSPS) is 21.9. The van der Waals surface area contributed by atoms with E-state index in [0.29, 0.717) is 5.56 Å². The van der Waals surface area contributed by atoms with Gasteiger partial charge in [0.2, 0.25) is 0 Å². The lowest BCUT2D eigenvalue weighted by Crippen LogP contribution is -2.18. The van der Waals surface area contributed by atoms with Crippen molar-refractivity contribution in [1.29, 1.82) is 0 Å². The molecule has 0 aliphatic heterocycles. The molecule has 1 aromatic rings. The Hall–Kier alpha value is -2.14. The number of allylic oxidation sites excluding steroid dienone is 3. The first kappa shape index (κ1) is 14.3. The summed E-state index contributed by atoms with van der Waals surface area (Å²) in [5, 5.41) is 19.8. The summed E-state index contributed by atoms with van der Waals surface area (Å²) in [4.78, 5) is 0. The highest BCUT2D eigenvalue weighted by atomic mass is 16.3. The van der Waals surface area contributed by atoms with Gasteiger partial charge in [0, 0.05) is 23.1 Å². The summed E-state index contributed by atoms with van der Waals surface area (Å²) in [5.41, 5.74) is 3.65. The number of phenols is 2. The summed E-state index contributed by atoms with van der Waals surface area (Å²) in [6, 6.07) is 2.88. The van der Waals surface area contributed by atoms with E-state index in [1.165, 1.54) is 17.7 Å². The first-order chi connectivity index (χ1) is 9.43. The molecule has 1 aliphatic rings. The zero-order valence-electron chi connectivity index (χ0n) is 12.0. The van der Waals surface area contributed by atoms with Gasteiger partial charge in [0.05, 0.1) is 0 Å². The molecule has 104 valence electrons. The summed E-state index contributed by atoms with van der Waals surface area (Å²) >= 11 is 0. The summed E-state index contributed by atoms with van der Waals surface area (Å²) in [6.07, 6.45) is 9.74. The van der Waals surface area contributed by atoms with E-state index in [9.17, 15) is 10.2 Å². The molecule has 0 spiro atoms. The fourth-order valence-corrected chi connectivity index (χ4v) is 3.00. The smallest absolute Gasteiger partial charge is 0.124 e. The number of phenolic OH excluding ortho intramolecular Hbond substituents is 2. The number of rotatable bonds is 2. The molecule has 2 N–H and O–H groups in total. The fraction of sp³-hybridized carbons (Fsp3) is 0.333. The second kappa shape index (κ2) is 5.46. The Labute approximate surface area is 120 Å². The van der Waals surface area contributed by atoms with Crippen LogP contribution in [0, 0.1) is 18.3 Å². The Kier molecular flexibility index (Phi) is 3.90. The van der Waals surface area contributed by atoms with Crippen molar-refractivity contribution in [2.45, 2.75) is 32.6 Å². The Morgan fingerprint density at radius 1 is 1.40 bits per heavy atom. The van der Waals surface area contributed by atoms with Crippen molar-refractivity contribution in [3.05, 3.63) is 47.1 Å². The number of terminal acetylenes is 1. The van der Waals surface area contributed by atoms with Crippen molar-refractivity contribution in [2.24, 2.45) is 5.92 Å². The van der Waals surface area contributed by atoms with Crippen LogP contribution in [0.15, 0.2) is 35.9 Å². The van der Waals surface area contributed by atoms with E-state index in [0.717, 1.165) is 24.0 Å². The number of benzene rings is 1. The monoisotopic (exact) mass is 268 g/mol. The van der Waals surface area contributed by atoms with Crippen LogP contribution in [-0.2, 0) is 0 Å². The maximum absolute atomic E-state index is 10.2. The van der Waals surface area contributed by atoms with Gasteiger partial charge in [-0.2, -0.15) is 0 Å². The minimum atomic E-state index is -0.0115. The largest absolute Gasteiger partial charge is 0.508 e. The molecule has 2 heteroatoms. The summed E-state index contributed by atoms with van der Waals surface area (Å²) in [7, 11) is 0. The van der Waals surface area contributed by atoms with Gasteiger partial charge in [0.1, 0.15) is 11.5 Å². The highest BCUT2D eigenvalue weighted by Gasteiger charge is 2.29. The van der Waals surface area contributed by atoms with Crippen molar-refractivity contribution < 1.29 is 10.2 Å². The van der Waals surface area contributed by atoms with Crippen LogP contribution in [0.2, 0.25) is 0 Å². The highest BCUT2D eigenvalue weighted by Crippen LogP contribution is 2.44. The predicted molar refractivity (Wildman–Crippen MR) is 81.7 cm³/mol. The van der Waals surface area contributed by atoms with Gasteiger partial charge >= 0.3 is 0 Å². The molecule has 0 fully saturated rings. The molecule has 20 heavy (non-hydrogen) atoms. The van der Waals surface area contributed by atoms with E-state index in [2.05, 4.69) is 25.5 Å². The van der Waals surface area contributed by atoms with Crippen molar-refractivity contribution >= 4 is 0 Å². The lowest BCUT2D eigenvalue weighted by molar-refractivity contribution is 0.425. The van der Waals surface area contributed by atoms with Crippen molar-refractivity contribution in [3.63, 3.8) is 0 Å². The molecule has 0 unspecified atom stereocenters. The van der Waals surface area contributed by atoms with Gasteiger partial charge in [-0.1, -0.05) is 29.7 Å². The molecule has 2 nitrogen and oxygen atoms in total. The van der Waals surface area contributed by atoms with Gasteiger partial charge in [-0.3, -0.25) is 0 Å². The second-order valence-corrected chi connectivity index (χ2v) is 5.60. The Morgan fingerprint density at radius 2 is 2.10 bits per heavy atom. The van der Waals surface area contributed by atoms with E-state index in [1.54, 1.807) is 0 Å². The fourth-order valence-electron chi connectivity index (χ4n) is 3.00. The molecule has 0 amide bonds. The topological polar surface area (TPSA) is 40.5 Å². The average Bonchev–Trinajstić information content (AvgIpc) is 2.37. The molecule has 1 aliphatic carbocycles. The Balaban J connectivity index is 2.61. The molecular formula is C18H20O2. The van der Waals surface area contributed by atoms with E-state index < -0.39 is 0 Å². The minimum absolute atomic E-state index is 0.0115. The van der Waals surface area contributed by atoms with Crippen LogP contribution in [0.1, 0.15) is 43.7 Å². The van der Waals surface area contributed by atoms with Crippen molar-refractivity contribution in [1.82, 2.24) is 0 Å². The van der Waals surface area contributed by atoms with Crippen LogP contribution < -0.4 is 0 Å². The zero-order chi connectivity index (χ0) is 14.9. The molecule has 2 rings (SSSR count). The van der Waals surface area contributed by atoms with E-state index in [-0.39, 0.29) is 23.3 Å². The molecule has 0 radical (unpaired) electrons. The third-order valence-corrected chi connectivity index (χ3v) is 4.01. The molecule has 0 heterocycles. The van der Waals surface area contributed by atoms with Crippen molar-refractivity contribution in [2.75, 3.05) is 0 Å². The van der Waals surface area contributed by atoms with Gasteiger partial charge in [-0.15, -0.1) is 6.42 Å². The quantitative estimate of drug-likeness (QED) is 0.626. The number of aromatic hydroxyl groups is 2. The van der Waals surface area contributed by atoms with Crippen LogP contribution in [0.4, 0.5) is 0 Å². The van der Waals surface area contributed by atoms with Crippen molar-refractivity contribution in [3.8, 4) is 23.8 Å². The van der Waals surface area contributed by atoms with Gasteiger partial charge in [-0.05, 0) is 38.7 Å². The van der Waals surface area contributed by atoms with Crippen LogP contribution in [0.25, 0.3) is 0 Å². The van der Waals surface area contributed by atoms with E-state index in [1.807, 2.05) is 6.92 Å². The van der Waals surface area contributed by atoms with Gasteiger partial charge < -0.3 is 10.2 Å². The van der Waals surface area contributed by atoms with Crippen LogP contribution in [0.3, 0.4) is 0 Å². The molecule has 2 atom stereocenters. The molecule has 0 saturated carbocycles. The van der Waals surface area contributed by atoms with Crippen LogP contribution in [0.5, 0.6) is 11.5 Å². The molecular weight excluding hydrogens is 248 g/mol. The summed E-state index contributed by atoms with van der Waals surface area (Å²) in [6.45, 7) is 8.18. The van der Waals surface area contributed by atoms with Gasteiger partial charge in [0.25, 0.3) is 0 Å². The molecule has 0 aromatic heterocycles. The maximum atomic E-state index is 10.2. The van der Waals surface area contributed by atoms with E-state index in [4.69, 9.17) is 6.42 Å². The average molecular weight is 268 g/mol. The highest BCUT2D eigenvalue weighted by molar-refractivity contribution is 5.55. The molecule has 0 bridgehead atoms. The van der Waals surface area contributed by atoms with E-state index >= 15 is 0 Å². The number of hydrogen-bond acceptors (Lipinski definition) is 2. The predicted octanol–water partition coefficient (Wildman–Crippen LogP) is 4.10. The molecule has 1 aromatic carbocycles. The lowest BCUT2D eigenvalue weighted by Gasteiger charge is -2.31. The van der Waals surface area contributed by atoms with Gasteiger partial charge in [-0.25, -0.2) is 0 Å². The first-order valence-electron chi connectivity index (χ1n) is 6.79. The van der Waals surface area contributed by atoms with Crippen LogP contribution in [-0.4, -0.2) is 10.2 Å². The molecule has 0 saturated heterocycles. The third kappa shape index (κ3) is 2.58. The lowest BCUT2D eigenvalue weighted by atomic mass is 9.73. The van der Waals surface area contributed by atoms with Gasteiger partial charge in [0.15, 0.2) is 0 Å². The third-order valence-electron chi connectivity index (χ3n) is 4.01. The van der Waals surface area contributed by atoms with Crippen LogP contribution >= 0.6 is 0 Å². The Morgan fingerprint density at radius 3 is 2.70 bits per heavy atom. The Bertz CT molecular complexity index is 617. The standard InChI is InChI=1S/C18H20O2/c1-5-13-9-14(19)10-17(20)18(13)16-8-12(4)6-7-15(16)11(2)3/h1,8-10,15-16,19-20H,2,6-7H2,3-4H3/t15-,16+/m0/s1. The maximum Gasteiger partial charge on any atom is 0.124 e. The zero-order valence-corrected chi connectivity index (χ0v) is 12.0. The summed E-state index contributed by atoms with van der Waals surface area (Å²) < 4.78 is 0. The summed E-state index contributed by atoms with van der Waals surface area (Å²) in [5.74, 6) is 2.90. The first-order valence-corrected chi connectivity index (χ1v) is 6.79. The SMILES string of the molecule is C#Cc1cc(O)cc(O)c1[C@@H]1C=C(C)CC[C@H]1C(=C)C. The number of hydrogen-bond donors (Lipinski definition) is 2. The minimum Gasteiger partial charge on any atom is -0.508 e.